The van der Waals surface area contributed by atoms with Gasteiger partial charge in [-0.1, -0.05) is 17.7 Å². The zero-order valence-electron chi connectivity index (χ0n) is 11.4. The molecule has 20 heavy (non-hydrogen) atoms. The van der Waals surface area contributed by atoms with E-state index in [0.717, 1.165) is 43.0 Å². The Balaban J connectivity index is 1.83. The molecule has 0 saturated carbocycles. The fourth-order valence-electron chi connectivity index (χ4n) is 2.43. The van der Waals surface area contributed by atoms with Crippen LogP contribution in [-0.2, 0) is 0 Å². The van der Waals surface area contributed by atoms with E-state index in [0.29, 0.717) is 16.9 Å². The molecular formula is C14H18ClN5. The highest BCUT2D eigenvalue weighted by Crippen LogP contribution is 2.27. The summed E-state index contributed by atoms with van der Waals surface area (Å²) in [6.45, 7) is 3.82. The first kappa shape index (κ1) is 13.4. The molecule has 1 fully saturated rings. The molecule has 6 heteroatoms. The van der Waals surface area contributed by atoms with Crippen LogP contribution in [0.1, 0.15) is 18.4 Å². The van der Waals surface area contributed by atoms with E-state index in [4.69, 9.17) is 17.3 Å². The monoisotopic (exact) mass is 291 g/mol. The van der Waals surface area contributed by atoms with Crippen LogP contribution in [0.5, 0.6) is 0 Å². The molecular weight excluding hydrogens is 274 g/mol. The smallest absolute Gasteiger partial charge is 0.245 e. The van der Waals surface area contributed by atoms with Crippen molar-refractivity contribution >= 4 is 17.5 Å². The molecule has 0 bridgehead atoms. The zero-order chi connectivity index (χ0) is 14.1. The van der Waals surface area contributed by atoms with Gasteiger partial charge in [0.05, 0.1) is 5.02 Å². The van der Waals surface area contributed by atoms with Crippen LogP contribution < -0.4 is 10.6 Å². The molecule has 0 atom stereocenters. The third-order valence-electron chi connectivity index (χ3n) is 3.68. The lowest BCUT2D eigenvalue weighted by atomic mass is 10.1. The Morgan fingerprint density at radius 1 is 1.35 bits per heavy atom. The molecule has 0 amide bonds. The van der Waals surface area contributed by atoms with Crippen LogP contribution in [0.15, 0.2) is 18.2 Å². The van der Waals surface area contributed by atoms with E-state index in [1.54, 1.807) is 0 Å². The molecule has 1 saturated heterocycles. The Kier molecular flexibility index (Phi) is 3.63. The van der Waals surface area contributed by atoms with Crippen molar-refractivity contribution in [2.24, 2.45) is 5.73 Å². The highest BCUT2D eigenvalue weighted by molar-refractivity contribution is 6.33. The van der Waals surface area contributed by atoms with Crippen molar-refractivity contribution in [3.63, 3.8) is 0 Å². The van der Waals surface area contributed by atoms with Crippen molar-refractivity contribution in [2.45, 2.75) is 25.8 Å². The standard InChI is InChI=1S/C14H18ClN5/c1-9-2-3-11(12(15)8-9)13-17-14(19-18-13)20-6-4-10(16)5-7-20/h2-3,8,10H,4-7,16H2,1H3,(H,17,18,19). The van der Waals surface area contributed by atoms with Crippen molar-refractivity contribution < 1.29 is 0 Å². The Morgan fingerprint density at radius 2 is 2.10 bits per heavy atom. The quantitative estimate of drug-likeness (QED) is 0.891. The second-order valence-electron chi connectivity index (χ2n) is 5.29. The molecule has 2 heterocycles. The lowest BCUT2D eigenvalue weighted by Crippen LogP contribution is -2.40. The number of aryl methyl sites for hydroxylation is 1. The largest absolute Gasteiger partial charge is 0.339 e. The number of aromatic nitrogens is 3. The van der Waals surface area contributed by atoms with E-state index in [1.165, 1.54) is 0 Å². The van der Waals surface area contributed by atoms with Gasteiger partial charge in [-0.2, -0.15) is 4.98 Å². The number of nitrogens with one attached hydrogen (secondary N) is 1. The summed E-state index contributed by atoms with van der Waals surface area (Å²) in [5, 5.41) is 7.96. The molecule has 3 rings (SSSR count). The molecule has 3 N–H and O–H groups in total. The van der Waals surface area contributed by atoms with Crippen molar-refractivity contribution in [3.05, 3.63) is 28.8 Å². The molecule has 0 aliphatic carbocycles. The number of hydrogen-bond donors (Lipinski definition) is 2. The predicted octanol–water partition coefficient (Wildman–Crippen LogP) is 2.36. The van der Waals surface area contributed by atoms with Gasteiger partial charge in [0.1, 0.15) is 0 Å². The van der Waals surface area contributed by atoms with Crippen LogP contribution in [0.3, 0.4) is 0 Å². The minimum Gasteiger partial charge on any atom is -0.339 e. The molecule has 0 radical (unpaired) electrons. The van der Waals surface area contributed by atoms with Gasteiger partial charge in [-0.3, -0.25) is 5.10 Å². The highest BCUT2D eigenvalue weighted by Gasteiger charge is 2.20. The van der Waals surface area contributed by atoms with Crippen LogP contribution in [0, 0.1) is 6.92 Å². The number of anilines is 1. The Bertz CT molecular complexity index is 601. The second-order valence-corrected chi connectivity index (χ2v) is 5.70. The van der Waals surface area contributed by atoms with Crippen molar-refractivity contribution in [2.75, 3.05) is 18.0 Å². The average Bonchev–Trinajstić information content (AvgIpc) is 2.89. The summed E-state index contributed by atoms with van der Waals surface area (Å²) in [5.74, 6) is 1.43. The number of hydrogen-bond acceptors (Lipinski definition) is 4. The van der Waals surface area contributed by atoms with Gasteiger partial charge in [-0.25, -0.2) is 0 Å². The van der Waals surface area contributed by atoms with Gasteiger partial charge in [0.25, 0.3) is 0 Å². The number of piperidine rings is 1. The van der Waals surface area contributed by atoms with E-state index in [2.05, 4.69) is 20.1 Å². The van der Waals surface area contributed by atoms with Crippen LogP contribution in [0.25, 0.3) is 11.4 Å². The number of nitrogens with zero attached hydrogens (tertiary/aromatic N) is 3. The van der Waals surface area contributed by atoms with Gasteiger partial charge in [-0.05, 0) is 37.5 Å². The van der Waals surface area contributed by atoms with Gasteiger partial charge in [-0.15, -0.1) is 5.10 Å². The van der Waals surface area contributed by atoms with Gasteiger partial charge in [0.2, 0.25) is 5.95 Å². The molecule has 1 aromatic carbocycles. The minimum absolute atomic E-state index is 0.302. The summed E-state index contributed by atoms with van der Waals surface area (Å²) in [4.78, 5) is 6.71. The van der Waals surface area contributed by atoms with Gasteiger partial charge >= 0.3 is 0 Å². The predicted molar refractivity (Wildman–Crippen MR) is 81.0 cm³/mol. The first-order valence-electron chi connectivity index (χ1n) is 6.83. The summed E-state index contributed by atoms with van der Waals surface area (Å²) in [6.07, 6.45) is 1.96. The van der Waals surface area contributed by atoms with E-state index in [9.17, 15) is 0 Å². The first-order chi connectivity index (χ1) is 9.63. The maximum atomic E-state index is 6.26. The molecule has 0 spiro atoms. The Hall–Kier alpha value is -1.59. The van der Waals surface area contributed by atoms with Gasteiger partial charge < -0.3 is 10.6 Å². The van der Waals surface area contributed by atoms with Crippen molar-refractivity contribution in [1.29, 1.82) is 0 Å². The molecule has 106 valence electrons. The highest BCUT2D eigenvalue weighted by atomic mass is 35.5. The minimum atomic E-state index is 0.302. The molecule has 5 nitrogen and oxygen atoms in total. The maximum Gasteiger partial charge on any atom is 0.245 e. The molecule has 1 aliphatic rings. The van der Waals surface area contributed by atoms with E-state index in [-0.39, 0.29) is 0 Å². The van der Waals surface area contributed by atoms with Crippen LogP contribution >= 0.6 is 11.6 Å². The van der Waals surface area contributed by atoms with Gasteiger partial charge in [0, 0.05) is 24.7 Å². The van der Waals surface area contributed by atoms with Crippen LogP contribution in [-0.4, -0.2) is 34.3 Å². The number of benzene rings is 1. The molecule has 1 aliphatic heterocycles. The average molecular weight is 292 g/mol. The van der Waals surface area contributed by atoms with Gasteiger partial charge in [0.15, 0.2) is 5.82 Å². The third kappa shape index (κ3) is 2.64. The SMILES string of the molecule is Cc1ccc(-c2nc(N3CCC(N)CC3)n[nH]2)c(Cl)c1. The zero-order valence-corrected chi connectivity index (χ0v) is 12.2. The fourth-order valence-corrected chi connectivity index (χ4v) is 2.75. The number of H-pyrrole nitrogens is 1. The number of aromatic amines is 1. The van der Waals surface area contributed by atoms with Crippen molar-refractivity contribution in [3.8, 4) is 11.4 Å². The summed E-state index contributed by atoms with van der Waals surface area (Å²) >= 11 is 6.26. The molecule has 2 aromatic rings. The Labute approximate surface area is 123 Å². The Morgan fingerprint density at radius 3 is 2.80 bits per heavy atom. The van der Waals surface area contributed by atoms with Crippen LogP contribution in [0.4, 0.5) is 5.95 Å². The summed E-state index contributed by atoms with van der Waals surface area (Å²) in [5.41, 5.74) is 7.92. The normalized spacial score (nSPS) is 16.6. The first-order valence-corrected chi connectivity index (χ1v) is 7.21. The number of rotatable bonds is 2. The van der Waals surface area contributed by atoms with E-state index >= 15 is 0 Å². The fraction of sp³-hybridized carbons (Fsp3) is 0.429. The maximum absolute atomic E-state index is 6.26. The van der Waals surface area contributed by atoms with E-state index in [1.807, 2.05) is 25.1 Å². The second kappa shape index (κ2) is 5.42. The third-order valence-corrected chi connectivity index (χ3v) is 3.99. The molecule has 0 unspecified atom stereocenters. The summed E-state index contributed by atoms with van der Waals surface area (Å²) < 4.78 is 0. The number of halogens is 1. The van der Waals surface area contributed by atoms with Crippen molar-refractivity contribution in [1.82, 2.24) is 15.2 Å². The summed E-state index contributed by atoms with van der Waals surface area (Å²) in [7, 11) is 0. The summed E-state index contributed by atoms with van der Waals surface area (Å²) in [6, 6.07) is 6.22. The molecule has 1 aromatic heterocycles. The lowest BCUT2D eigenvalue weighted by molar-refractivity contribution is 0.496. The number of nitrogens with two attached hydrogens (primary N) is 1. The van der Waals surface area contributed by atoms with E-state index < -0.39 is 0 Å². The topological polar surface area (TPSA) is 70.8 Å². The van der Waals surface area contributed by atoms with Crippen LogP contribution in [0.2, 0.25) is 5.02 Å². The lowest BCUT2D eigenvalue weighted by Gasteiger charge is -2.28.